The number of rotatable bonds is 7. The first kappa shape index (κ1) is 18.3. The summed E-state index contributed by atoms with van der Waals surface area (Å²) in [6.45, 7) is 9.83. The number of hydrogen-bond acceptors (Lipinski definition) is 2. The van der Waals surface area contributed by atoms with Crippen LogP contribution in [0.2, 0.25) is 0 Å². The molecule has 16 heavy (non-hydrogen) atoms. The molecule has 2 N–H and O–H groups in total. The van der Waals surface area contributed by atoms with Crippen LogP contribution >= 0.6 is 24.0 Å². The second kappa shape index (κ2) is 13.0. The second-order valence-electron chi connectivity index (χ2n) is 3.85. The minimum Gasteiger partial charge on any atom is -0.381 e. The maximum absolute atomic E-state index is 5.47. The smallest absolute Gasteiger partial charge is 0.190 e. The molecule has 0 radical (unpaired) electrons. The lowest BCUT2D eigenvalue weighted by Crippen LogP contribution is -2.37. The summed E-state index contributed by atoms with van der Waals surface area (Å²) < 4.78 is 5.47. The van der Waals surface area contributed by atoms with Crippen LogP contribution in [-0.2, 0) is 4.74 Å². The van der Waals surface area contributed by atoms with Gasteiger partial charge in [0.15, 0.2) is 5.96 Å². The highest BCUT2D eigenvalue weighted by molar-refractivity contribution is 14.0. The standard InChI is InChI=1S/C11H25N3O.HI/c1-5-13-11(12-4)14-7-6-8-15-9-10(2)3;/h10H,5-9H2,1-4H3,(H2,12,13,14);1H. The first-order chi connectivity index (χ1) is 7.20. The van der Waals surface area contributed by atoms with E-state index in [0.29, 0.717) is 5.92 Å². The molecule has 98 valence electrons. The summed E-state index contributed by atoms with van der Waals surface area (Å²) in [7, 11) is 1.78. The Hall–Kier alpha value is -0.0400. The molecular weight excluding hydrogens is 317 g/mol. The number of guanidine groups is 1. The van der Waals surface area contributed by atoms with Gasteiger partial charge in [-0.2, -0.15) is 0 Å². The van der Waals surface area contributed by atoms with Crippen LogP contribution in [0.4, 0.5) is 0 Å². The second-order valence-corrected chi connectivity index (χ2v) is 3.85. The predicted octanol–water partition coefficient (Wildman–Crippen LogP) is 1.85. The molecule has 0 amide bonds. The SMILES string of the molecule is CCNC(=NC)NCCCOCC(C)C.I. The van der Waals surface area contributed by atoms with E-state index in [4.69, 9.17) is 4.74 Å². The largest absolute Gasteiger partial charge is 0.381 e. The topological polar surface area (TPSA) is 45.7 Å². The van der Waals surface area contributed by atoms with Crippen molar-refractivity contribution in [1.29, 1.82) is 0 Å². The van der Waals surface area contributed by atoms with E-state index >= 15 is 0 Å². The van der Waals surface area contributed by atoms with E-state index in [2.05, 4.69) is 36.4 Å². The van der Waals surface area contributed by atoms with Crippen LogP contribution in [0.15, 0.2) is 4.99 Å². The van der Waals surface area contributed by atoms with E-state index in [0.717, 1.165) is 38.7 Å². The first-order valence-electron chi connectivity index (χ1n) is 5.73. The maximum Gasteiger partial charge on any atom is 0.190 e. The van der Waals surface area contributed by atoms with E-state index in [1.165, 1.54) is 0 Å². The number of ether oxygens (including phenoxy) is 1. The minimum absolute atomic E-state index is 0. The predicted molar refractivity (Wildman–Crippen MR) is 80.7 cm³/mol. The van der Waals surface area contributed by atoms with Gasteiger partial charge in [0, 0.05) is 33.4 Å². The molecule has 0 aliphatic carbocycles. The van der Waals surface area contributed by atoms with E-state index in [-0.39, 0.29) is 24.0 Å². The summed E-state index contributed by atoms with van der Waals surface area (Å²) in [6, 6.07) is 0. The third-order valence-electron chi connectivity index (χ3n) is 1.78. The molecule has 5 heteroatoms. The Kier molecular flexibility index (Phi) is 14.9. The van der Waals surface area contributed by atoms with Crippen LogP contribution in [0.25, 0.3) is 0 Å². The van der Waals surface area contributed by atoms with Crippen molar-refractivity contribution >= 4 is 29.9 Å². The van der Waals surface area contributed by atoms with Crippen LogP contribution in [0.3, 0.4) is 0 Å². The Morgan fingerprint density at radius 3 is 2.50 bits per heavy atom. The van der Waals surface area contributed by atoms with Gasteiger partial charge in [-0.15, -0.1) is 24.0 Å². The average molecular weight is 343 g/mol. The Morgan fingerprint density at radius 2 is 2.00 bits per heavy atom. The molecule has 0 bridgehead atoms. The zero-order valence-corrected chi connectivity index (χ0v) is 13.2. The molecular formula is C11H26IN3O. The van der Waals surface area contributed by atoms with E-state index in [1.54, 1.807) is 7.05 Å². The van der Waals surface area contributed by atoms with Crippen LogP contribution < -0.4 is 10.6 Å². The average Bonchev–Trinajstić information content (AvgIpc) is 2.21. The van der Waals surface area contributed by atoms with Crippen molar-refractivity contribution in [2.75, 3.05) is 33.4 Å². The van der Waals surface area contributed by atoms with Crippen molar-refractivity contribution in [3.63, 3.8) is 0 Å². The molecule has 4 nitrogen and oxygen atoms in total. The van der Waals surface area contributed by atoms with E-state index in [9.17, 15) is 0 Å². The van der Waals surface area contributed by atoms with Crippen molar-refractivity contribution in [2.24, 2.45) is 10.9 Å². The normalized spacial score (nSPS) is 11.2. The summed E-state index contributed by atoms with van der Waals surface area (Å²) in [5.74, 6) is 1.48. The molecule has 0 heterocycles. The quantitative estimate of drug-likeness (QED) is 0.321. The molecule has 0 aromatic carbocycles. The Morgan fingerprint density at radius 1 is 1.31 bits per heavy atom. The zero-order chi connectivity index (χ0) is 11.5. The van der Waals surface area contributed by atoms with Crippen molar-refractivity contribution in [3.8, 4) is 0 Å². The number of halogens is 1. The maximum atomic E-state index is 5.47. The molecule has 0 fully saturated rings. The number of aliphatic imine (C=N–C) groups is 1. The van der Waals surface area contributed by atoms with Gasteiger partial charge in [-0.1, -0.05) is 13.8 Å². The lowest BCUT2D eigenvalue weighted by Gasteiger charge is -2.10. The van der Waals surface area contributed by atoms with Gasteiger partial charge < -0.3 is 15.4 Å². The molecule has 0 aliphatic rings. The van der Waals surface area contributed by atoms with E-state index < -0.39 is 0 Å². The van der Waals surface area contributed by atoms with E-state index in [1.807, 2.05) is 0 Å². The van der Waals surface area contributed by atoms with Gasteiger partial charge in [0.25, 0.3) is 0 Å². The van der Waals surface area contributed by atoms with Crippen molar-refractivity contribution in [2.45, 2.75) is 27.2 Å². The highest BCUT2D eigenvalue weighted by Crippen LogP contribution is 1.92. The van der Waals surface area contributed by atoms with Crippen molar-refractivity contribution in [3.05, 3.63) is 0 Å². The van der Waals surface area contributed by atoms with Crippen molar-refractivity contribution in [1.82, 2.24) is 10.6 Å². The summed E-state index contributed by atoms with van der Waals surface area (Å²) >= 11 is 0. The lowest BCUT2D eigenvalue weighted by molar-refractivity contribution is 0.108. The fourth-order valence-corrected chi connectivity index (χ4v) is 1.09. The summed E-state index contributed by atoms with van der Waals surface area (Å²) in [4.78, 5) is 4.08. The highest BCUT2D eigenvalue weighted by Gasteiger charge is 1.95. The minimum atomic E-state index is 0. The summed E-state index contributed by atoms with van der Waals surface area (Å²) in [6.07, 6.45) is 1.01. The Labute approximate surface area is 117 Å². The van der Waals surface area contributed by atoms with Crippen LogP contribution in [-0.4, -0.2) is 39.3 Å². The Balaban J connectivity index is 0. The third-order valence-corrected chi connectivity index (χ3v) is 1.78. The molecule has 0 unspecified atom stereocenters. The molecule has 0 saturated heterocycles. The van der Waals surface area contributed by atoms with Gasteiger partial charge in [0.1, 0.15) is 0 Å². The monoisotopic (exact) mass is 343 g/mol. The molecule has 0 aromatic rings. The fraction of sp³-hybridized carbons (Fsp3) is 0.909. The summed E-state index contributed by atoms with van der Waals surface area (Å²) in [5.41, 5.74) is 0. The van der Waals surface area contributed by atoms with Gasteiger partial charge in [-0.3, -0.25) is 4.99 Å². The van der Waals surface area contributed by atoms with Gasteiger partial charge in [-0.05, 0) is 19.3 Å². The Bertz CT molecular complexity index is 175. The molecule has 0 saturated carbocycles. The van der Waals surface area contributed by atoms with Gasteiger partial charge in [-0.25, -0.2) is 0 Å². The van der Waals surface area contributed by atoms with Gasteiger partial charge in [0.05, 0.1) is 0 Å². The summed E-state index contributed by atoms with van der Waals surface area (Å²) in [5, 5.41) is 6.36. The number of nitrogens with zero attached hydrogens (tertiary/aromatic N) is 1. The molecule has 0 aromatic heterocycles. The molecule has 0 spiro atoms. The van der Waals surface area contributed by atoms with Crippen LogP contribution in [0.5, 0.6) is 0 Å². The fourth-order valence-electron chi connectivity index (χ4n) is 1.09. The van der Waals surface area contributed by atoms with Gasteiger partial charge >= 0.3 is 0 Å². The molecule has 0 atom stereocenters. The van der Waals surface area contributed by atoms with Crippen LogP contribution in [0.1, 0.15) is 27.2 Å². The van der Waals surface area contributed by atoms with Gasteiger partial charge in [0.2, 0.25) is 0 Å². The van der Waals surface area contributed by atoms with Crippen molar-refractivity contribution < 1.29 is 4.74 Å². The molecule has 0 aliphatic heterocycles. The highest BCUT2D eigenvalue weighted by atomic mass is 127. The van der Waals surface area contributed by atoms with Crippen LogP contribution in [0, 0.1) is 5.92 Å². The lowest BCUT2D eigenvalue weighted by atomic mass is 10.2. The third kappa shape index (κ3) is 12.0. The zero-order valence-electron chi connectivity index (χ0n) is 10.9. The number of hydrogen-bond donors (Lipinski definition) is 2. The number of nitrogens with one attached hydrogen (secondary N) is 2. The first-order valence-corrected chi connectivity index (χ1v) is 5.73. The molecule has 0 rings (SSSR count).